The lowest BCUT2D eigenvalue weighted by molar-refractivity contribution is -0.0237. The van der Waals surface area contributed by atoms with Crippen LogP contribution in [0.4, 0.5) is 0 Å². The number of ether oxygens (including phenoxy) is 2. The first-order valence-corrected chi connectivity index (χ1v) is 13.2. The molecular formula is C18H19ClO8P2S. The monoisotopic (exact) mass is 492 g/mol. The van der Waals surface area contributed by atoms with E-state index in [1.807, 2.05) is 0 Å². The van der Waals surface area contributed by atoms with E-state index >= 15 is 0 Å². The molecule has 1 aliphatic heterocycles. The number of hydrogen-bond acceptors (Lipinski definition) is 7. The second-order valence-electron chi connectivity index (χ2n) is 6.01. The molecule has 1 aliphatic rings. The second-order valence-corrected chi connectivity index (χ2v) is 12.4. The van der Waals surface area contributed by atoms with E-state index in [0.29, 0.717) is 28.3 Å². The molecule has 2 atom stereocenters. The summed E-state index contributed by atoms with van der Waals surface area (Å²) in [5.74, 6) is 0.126. The van der Waals surface area contributed by atoms with Gasteiger partial charge in [-0.25, -0.2) is 0 Å². The largest absolute Gasteiger partial charge is 0.466 e. The van der Waals surface area contributed by atoms with Crippen molar-refractivity contribution in [3.05, 3.63) is 71.6 Å². The fourth-order valence-corrected chi connectivity index (χ4v) is 8.24. The van der Waals surface area contributed by atoms with E-state index in [2.05, 4.69) is 6.58 Å². The molecule has 162 valence electrons. The molecule has 2 unspecified atom stereocenters. The molecule has 30 heavy (non-hydrogen) atoms. The lowest BCUT2D eigenvalue weighted by Gasteiger charge is -2.35. The van der Waals surface area contributed by atoms with Gasteiger partial charge in [-0.3, -0.25) is 18.2 Å². The fourth-order valence-electron chi connectivity index (χ4n) is 2.55. The zero-order chi connectivity index (χ0) is 21.9. The molecule has 1 heterocycles. The standard InChI is InChI=1S/C18H19ClO8P2S/c1-3-24-12(2)25-16-7-5-4-6-15(16)17-26-28(20,21)18(29(22,23)27-17)30-14-10-8-13(19)9-11-14/h4-11,17-18H,2-3H2,1H3,(H,20,21)(H,22,23). The van der Waals surface area contributed by atoms with Gasteiger partial charge < -0.3 is 19.3 Å². The van der Waals surface area contributed by atoms with E-state index in [0.717, 1.165) is 0 Å². The van der Waals surface area contributed by atoms with Gasteiger partial charge in [-0.2, -0.15) is 0 Å². The minimum absolute atomic E-state index is 0.0173. The number of rotatable bonds is 7. The minimum atomic E-state index is -4.60. The number of para-hydroxylation sites is 1. The van der Waals surface area contributed by atoms with E-state index in [1.54, 1.807) is 43.3 Å². The first-order valence-electron chi connectivity index (χ1n) is 8.65. The normalized spacial score (nSPS) is 28.7. The molecule has 0 saturated carbocycles. The Hall–Kier alpha value is -1.28. The third-order valence-corrected chi connectivity index (χ3v) is 10.9. The quantitative estimate of drug-likeness (QED) is 0.370. The van der Waals surface area contributed by atoms with Crippen molar-refractivity contribution in [2.45, 2.75) is 22.8 Å². The first kappa shape index (κ1) is 23.4. The molecule has 0 aliphatic carbocycles. The third-order valence-electron chi connectivity index (χ3n) is 3.81. The molecule has 0 amide bonds. The molecule has 3 rings (SSSR count). The SMILES string of the molecule is C=C(OCC)Oc1ccccc1C1OP(=O)(O)C(Sc2ccc(Cl)cc2)P(=O)(O)O1. The number of thioether (sulfide) groups is 1. The molecule has 2 aromatic rings. The van der Waals surface area contributed by atoms with Gasteiger partial charge in [-0.1, -0.05) is 41.6 Å². The Labute approximate surface area is 182 Å². The van der Waals surface area contributed by atoms with E-state index < -0.39 is 26.2 Å². The summed E-state index contributed by atoms with van der Waals surface area (Å²) in [5.41, 5.74) is 0.136. The number of hydrogen-bond donors (Lipinski definition) is 2. The molecule has 8 nitrogen and oxygen atoms in total. The Kier molecular flexibility index (Phi) is 7.38. The van der Waals surface area contributed by atoms with Gasteiger partial charge in [0.1, 0.15) is 5.75 Å². The minimum Gasteiger partial charge on any atom is -0.466 e. The zero-order valence-electron chi connectivity index (χ0n) is 15.7. The van der Waals surface area contributed by atoms with Gasteiger partial charge in [0.25, 0.3) is 5.95 Å². The highest BCUT2D eigenvalue weighted by atomic mass is 35.5. The fraction of sp³-hybridized carbons (Fsp3) is 0.222. The highest BCUT2D eigenvalue weighted by Gasteiger charge is 2.56. The van der Waals surface area contributed by atoms with Crippen LogP contribution in [0.1, 0.15) is 18.8 Å². The number of benzene rings is 2. The Bertz CT molecular complexity index is 990. The lowest BCUT2D eigenvalue weighted by atomic mass is 10.2. The molecule has 2 aromatic carbocycles. The lowest BCUT2D eigenvalue weighted by Crippen LogP contribution is -2.21. The molecule has 2 N–H and O–H groups in total. The molecule has 1 saturated heterocycles. The Morgan fingerprint density at radius 1 is 1.13 bits per heavy atom. The van der Waals surface area contributed by atoms with Crippen LogP contribution in [0.5, 0.6) is 5.75 Å². The summed E-state index contributed by atoms with van der Waals surface area (Å²) in [4.78, 5) is 21.4. The highest BCUT2D eigenvalue weighted by molar-refractivity contribution is 8.12. The molecule has 0 radical (unpaired) electrons. The molecule has 1 fully saturated rings. The van der Waals surface area contributed by atoms with Crippen LogP contribution < -0.4 is 4.74 Å². The maximum Gasteiger partial charge on any atom is 0.356 e. The van der Waals surface area contributed by atoms with Gasteiger partial charge in [-0.05, 0) is 43.8 Å². The Balaban J connectivity index is 1.87. The van der Waals surface area contributed by atoms with Gasteiger partial charge >= 0.3 is 15.2 Å². The summed E-state index contributed by atoms with van der Waals surface area (Å²) in [6.45, 7) is 5.67. The van der Waals surface area contributed by atoms with Gasteiger partial charge in [0, 0.05) is 9.92 Å². The van der Waals surface area contributed by atoms with Crippen LogP contribution in [0.3, 0.4) is 0 Å². The van der Waals surface area contributed by atoms with Crippen molar-refractivity contribution in [3.8, 4) is 5.75 Å². The molecule has 12 heteroatoms. The third kappa shape index (κ3) is 5.49. The zero-order valence-corrected chi connectivity index (χ0v) is 19.1. The van der Waals surface area contributed by atoms with Crippen LogP contribution in [-0.2, 0) is 22.9 Å². The maximum atomic E-state index is 12.9. The van der Waals surface area contributed by atoms with Crippen LogP contribution in [0, 0.1) is 0 Å². The summed E-state index contributed by atoms with van der Waals surface area (Å²) in [7, 11) is -9.20. The summed E-state index contributed by atoms with van der Waals surface area (Å²) in [6.07, 6.45) is -1.61. The van der Waals surface area contributed by atoms with E-state index in [-0.39, 0.29) is 17.3 Å². The Morgan fingerprint density at radius 3 is 2.33 bits per heavy atom. The average Bonchev–Trinajstić information content (AvgIpc) is 2.66. The van der Waals surface area contributed by atoms with Crippen LogP contribution in [0.15, 0.2) is 66.0 Å². The van der Waals surface area contributed by atoms with Crippen molar-refractivity contribution in [2.24, 2.45) is 0 Å². The van der Waals surface area contributed by atoms with Crippen molar-refractivity contribution in [1.82, 2.24) is 0 Å². The van der Waals surface area contributed by atoms with Crippen molar-refractivity contribution in [2.75, 3.05) is 6.61 Å². The summed E-state index contributed by atoms with van der Waals surface area (Å²) in [5, 5.41) is 0.458. The van der Waals surface area contributed by atoms with Crippen molar-refractivity contribution in [1.29, 1.82) is 0 Å². The van der Waals surface area contributed by atoms with E-state index in [1.165, 1.54) is 12.1 Å². The molecule has 0 spiro atoms. The van der Waals surface area contributed by atoms with Crippen molar-refractivity contribution < 1.29 is 37.4 Å². The highest BCUT2D eigenvalue weighted by Crippen LogP contribution is 2.76. The topological polar surface area (TPSA) is 112 Å². The molecule has 0 aromatic heterocycles. The first-order chi connectivity index (χ1) is 14.1. The van der Waals surface area contributed by atoms with Gasteiger partial charge in [0.2, 0.25) is 11.0 Å². The molecular weight excluding hydrogens is 474 g/mol. The van der Waals surface area contributed by atoms with Crippen LogP contribution >= 0.6 is 38.6 Å². The van der Waals surface area contributed by atoms with Crippen molar-refractivity contribution in [3.63, 3.8) is 0 Å². The van der Waals surface area contributed by atoms with Crippen LogP contribution in [0.25, 0.3) is 0 Å². The predicted molar refractivity (Wildman–Crippen MR) is 113 cm³/mol. The summed E-state index contributed by atoms with van der Waals surface area (Å²) < 4.78 is 45.1. The van der Waals surface area contributed by atoms with Gasteiger partial charge in [0.05, 0.1) is 12.2 Å². The summed E-state index contributed by atoms with van der Waals surface area (Å²) >= 11 is 6.54. The van der Waals surface area contributed by atoms with Crippen molar-refractivity contribution >= 4 is 38.6 Å². The summed E-state index contributed by atoms with van der Waals surface area (Å²) in [6, 6.07) is 12.5. The predicted octanol–water partition coefficient (Wildman–Crippen LogP) is 5.72. The van der Waals surface area contributed by atoms with Crippen LogP contribution in [-0.4, -0.2) is 21.1 Å². The smallest absolute Gasteiger partial charge is 0.356 e. The average molecular weight is 493 g/mol. The van der Waals surface area contributed by atoms with Gasteiger partial charge in [-0.15, -0.1) is 0 Å². The maximum absolute atomic E-state index is 12.9. The van der Waals surface area contributed by atoms with Crippen LogP contribution in [0.2, 0.25) is 5.02 Å². The molecule has 0 bridgehead atoms. The van der Waals surface area contributed by atoms with E-state index in [9.17, 15) is 18.9 Å². The van der Waals surface area contributed by atoms with E-state index in [4.69, 9.17) is 30.1 Å². The number of halogens is 1. The van der Waals surface area contributed by atoms with Gasteiger partial charge in [0.15, 0.2) is 0 Å². The second kappa shape index (κ2) is 9.47. The Morgan fingerprint density at radius 2 is 1.73 bits per heavy atom.